The second-order valence-corrected chi connectivity index (χ2v) is 7.04. The molecule has 0 aliphatic carbocycles. The number of hydrogen-bond acceptors (Lipinski definition) is 3. The van der Waals surface area contributed by atoms with Crippen molar-refractivity contribution in [3.8, 4) is 5.75 Å². The summed E-state index contributed by atoms with van der Waals surface area (Å²) in [7, 11) is 1.61. The fraction of sp³-hybridized carbons (Fsp3) is 0.167. The van der Waals surface area contributed by atoms with E-state index in [9.17, 15) is 9.59 Å². The van der Waals surface area contributed by atoms with Crippen LogP contribution in [0.15, 0.2) is 71.5 Å². The minimum Gasteiger partial charge on any atom is -0.496 e. The van der Waals surface area contributed by atoms with E-state index in [2.05, 4.69) is 5.32 Å². The summed E-state index contributed by atoms with van der Waals surface area (Å²) in [6, 6.07) is 20.8. The van der Waals surface area contributed by atoms with Gasteiger partial charge in [0.05, 0.1) is 18.1 Å². The Balaban J connectivity index is 1.70. The Morgan fingerprint density at radius 3 is 2.52 bits per heavy atom. The zero-order valence-electron chi connectivity index (χ0n) is 16.4. The predicted molar refractivity (Wildman–Crippen MR) is 115 cm³/mol. The topological polar surface area (TPSA) is 60.3 Å². The molecule has 1 amide bonds. The monoisotopic (exact) mass is 386 g/mol. The van der Waals surface area contributed by atoms with Crippen molar-refractivity contribution in [1.29, 1.82) is 0 Å². The lowest BCUT2D eigenvalue weighted by atomic mass is 10.1. The molecule has 29 heavy (non-hydrogen) atoms. The number of hydrogen-bond donors (Lipinski definition) is 1. The lowest BCUT2D eigenvalue weighted by Gasteiger charge is -2.16. The number of rotatable bonds is 5. The maximum Gasteiger partial charge on any atom is 0.240 e. The van der Waals surface area contributed by atoms with E-state index in [-0.39, 0.29) is 17.9 Å². The van der Waals surface area contributed by atoms with E-state index in [1.807, 2.05) is 78.2 Å². The largest absolute Gasteiger partial charge is 0.496 e. The van der Waals surface area contributed by atoms with E-state index in [4.69, 9.17) is 4.74 Å². The van der Waals surface area contributed by atoms with Crippen LogP contribution in [0.4, 0.5) is 0 Å². The van der Waals surface area contributed by atoms with Crippen LogP contribution in [-0.4, -0.2) is 17.6 Å². The van der Waals surface area contributed by atoms with Crippen molar-refractivity contribution in [2.45, 2.75) is 20.0 Å². The molecule has 0 unspecified atom stereocenters. The Bertz CT molecular complexity index is 1270. The number of aryl methyl sites for hydroxylation is 1. The Hall–Kier alpha value is -3.60. The highest BCUT2D eigenvalue weighted by Gasteiger charge is 2.13. The molecule has 0 saturated heterocycles. The van der Waals surface area contributed by atoms with Gasteiger partial charge in [-0.05, 0) is 37.3 Å². The van der Waals surface area contributed by atoms with Gasteiger partial charge in [0.2, 0.25) is 5.91 Å². The molecule has 5 heteroatoms. The zero-order valence-corrected chi connectivity index (χ0v) is 16.4. The van der Waals surface area contributed by atoms with Crippen LogP contribution in [0.3, 0.4) is 0 Å². The molecule has 0 radical (unpaired) electrons. The number of ether oxygens (including phenoxy) is 1. The van der Waals surface area contributed by atoms with Crippen molar-refractivity contribution in [3.05, 3.63) is 88.1 Å². The molecule has 1 heterocycles. The lowest BCUT2D eigenvalue weighted by molar-refractivity contribution is -0.121. The number of carbonyl (C=O) groups excluding carboxylic acids is 1. The zero-order chi connectivity index (χ0) is 20.4. The molecule has 5 nitrogen and oxygen atoms in total. The van der Waals surface area contributed by atoms with Gasteiger partial charge in [-0.2, -0.15) is 0 Å². The van der Waals surface area contributed by atoms with Crippen LogP contribution in [0, 0.1) is 6.92 Å². The number of methoxy groups -OCH3 is 1. The van der Waals surface area contributed by atoms with Gasteiger partial charge in [0, 0.05) is 22.9 Å². The van der Waals surface area contributed by atoms with E-state index < -0.39 is 0 Å². The van der Waals surface area contributed by atoms with E-state index >= 15 is 0 Å². The summed E-state index contributed by atoms with van der Waals surface area (Å²) in [5.74, 6) is 0.606. The Kier molecular flexibility index (Phi) is 5.04. The maximum absolute atomic E-state index is 12.9. The number of amides is 1. The normalized spacial score (nSPS) is 11.0. The molecular weight excluding hydrogens is 364 g/mol. The van der Waals surface area contributed by atoms with Crippen LogP contribution in [0.25, 0.3) is 21.8 Å². The minimum atomic E-state index is -0.133. The summed E-state index contributed by atoms with van der Waals surface area (Å²) in [4.78, 5) is 25.7. The molecule has 0 fully saturated rings. The van der Waals surface area contributed by atoms with Crippen LogP contribution in [-0.2, 0) is 17.9 Å². The highest BCUT2D eigenvalue weighted by Crippen LogP contribution is 2.21. The summed E-state index contributed by atoms with van der Waals surface area (Å²) in [6.45, 7) is 2.45. The number of aromatic nitrogens is 1. The minimum absolute atomic E-state index is 0.00928. The molecule has 1 aromatic heterocycles. The summed E-state index contributed by atoms with van der Waals surface area (Å²) >= 11 is 0. The van der Waals surface area contributed by atoms with Crippen molar-refractivity contribution in [3.63, 3.8) is 0 Å². The average Bonchev–Trinajstić information content (AvgIpc) is 2.75. The second-order valence-electron chi connectivity index (χ2n) is 7.04. The van der Waals surface area contributed by atoms with E-state index in [0.717, 1.165) is 27.9 Å². The molecule has 0 spiro atoms. The first-order valence-corrected chi connectivity index (χ1v) is 9.49. The third kappa shape index (κ3) is 3.59. The number of pyridine rings is 1. The molecule has 1 N–H and O–H groups in total. The van der Waals surface area contributed by atoms with Gasteiger partial charge in [0.25, 0.3) is 0 Å². The first-order chi connectivity index (χ1) is 14.1. The van der Waals surface area contributed by atoms with Gasteiger partial charge in [0.1, 0.15) is 12.3 Å². The lowest BCUT2D eigenvalue weighted by Crippen LogP contribution is -2.28. The van der Waals surface area contributed by atoms with Gasteiger partial charge in [-0.15, -0.1) is 0 Å². The van der Waals surface area contributed by atoms with Gasteiger partial charge in [-0.25, -0.2) is 0 Å². The van der Waals surface area contributed by atoms with Gasteiger partial charge in [-0.1, -0.05) is 42.0 Å². The van der Waals surface area contributed by atoms with Crippen LogP contribution >= 0.6 is 0 Å². The molecule has 4 aromatic rings. The molecule has 146 valence electrons. The summed E-state index contributed by atoms with van der Waals surface area (Å²) in [6.07, 6.45) is 0. The van der Waals surface area contributed by atoms with Crippen molar-refractivity contribution >= 4 is 27.7 Å². The number of para-hydroxylation sites is 2. The van der Waals surface area contributed by atoms with Crippen molar-refractivity contribution in [2.75, 3.05) is 7.11 Å². The molecule has 0 atom stereocenters. The summed E-state index contributed by atoms with van der Waals surface area (Å²) in [5.41, 5.74) is 3.42. The van der Waals surface area contributed by atoms with Crippen molar-refractivity contribution < 1.29 is 9.53 Å². The van der Waals surface area contributed by atoms with Crippen LogP contribution < -0.4 is 15.5 Å². The van der Waals surface area contributed by atoms with Gasteiger partial charge in [-0.3, -0.25) is 9.59 Å². The Morgan fingerprint density at radius 1 is 0.966 bits per heavy atom. The first-order valence-electron chi connectivity index (χ1n) is 9.49. The Labute approximate surface area is 168 Å². The molecule has 3 aromatic carbocycles. The fourth-order valence-corrected chi connectivity index (χ4v) is 3.66. The smallest absolute Gasteiger partial charge is 0.240 e. The van der Waals surface area contributed by atoms with Crippen molar-refractivity contribution in [1.82, 2.24) is 9.88 Å². The predicted octanol–water partition coefficient (Wildman–Crippen LogP) is 3.79. The molecule has 0 bridgehead atoms. The van der Waals surface area contributed by atoms with E-state index in [0.29, 0.717) is 17.3 Å². The maximum atomic E-state index is 12.9. The third-order valence-corrected chi connectivity index (χ3v) is 5.10. The highest BCUT2D eigenvalue weighted by molar-refractivity contribution is 5.95. The van der Waals surface area contributed by atoms with Crippen LogP contribution in [0.2, 0.25) is 0 Å². The third-order valence-electron chi connectivity index (χ3n) is 5.10. The molecule has 0 saturated carbocycles. The first kappa shape index (κ1) is 18.7. The highest BCUT2D eigenvalue weighted by atomic mass is 16.5. The second kappa shape index (κ2) is 7.80. The standard InChI is InChI=1S/C24H22N2O3/c1-16-11-12-21-19(13-16)24(28)18-8-4-5-9-20(18)26(21)15-23(27)25-14-17-7-3-6-10-22(17)29-2/h3-13H,14-15H2,1-2H3,(H,25,27). The van der Waals surface area contributed by atoms with Gasteiger partial charge >= 0.3 is 0 Å². The number of benzene rings is 3. The Morgan fingerprint density at radius 2 is 1.69 bits per heavy atom. The molecule has 4 rings (SSSR count). The fourth-order valence-electron chi connectivity index (χ4n) is 3.66. The number of fused-ring (bicyclic) bond motifs is 2. The van der Waals surface area contributed by atoms with E-state index in [1.54, 1.807) is 7.11 Å². The average molecular weight is 386 g/mol. The SMILES string of the molecule is COc1ccccc1CNC(=O)Cn1c2ccccc2c(=O)c2cc(C)ccc21. The van der Waals surface area contributed by atoms with Gasteiger partial charge < -0.3 is 14.6 Å². The molecule has 0 aliphatic rings. The number of nitrogens with one attached hydrogen (secondary N) is 1. The molecular formula is C24H22N2O3. The summed E-state index contributed by atoms with van der Waals surface area (Å²) in [5, 5.41) is 4.20. The van der Waals surface area contributed by atoms with Crippen LogP contribution in [0.1, 0.15) is 11.1 Å². The van der Waals surface area contributed by atoms with Gasteiger partial charge in [0.15, 0.2) is 5.43 Å². The van der Waals surface area contributed by atoms with Crippen LogP contribution in [0.5, 0.6) is 5.75 Å². The number of carbonyl (C=O) groups is 1. The quantitative estimate of drug-likeness (QED) is 0.531. The molecule has 0 aliphatic heterocycles. The summed E-state index contributed by atoms with van der Waals surface area (Å²) < 4.78 is 7.25. The number of nitrogens with zero attached hydrogens (tertiary/aromatic N) is 1. The van der Waals surface area contributed by atoms with E-state index in [1.165, 1.54) is 0 Å². The van der Waals surface area contributed by atoms with Crippen molar-refractivity contribution in [2.24, 2.45) is 0 Å².